The Hall–Kier alpha value is -1.42. The van der Waals surface area contributed by atoms with Crippen LogP contribution in [0.5, 0.6) is 0 Å². The summed E-state index contributed by atoms with van der Waals surface area (Å²) in [6.45, 7) is 4.61. The van der Waals surface area contributed by atoms with Crippen LogP contribution >= 0.6 is 0 Å². The molecule has 0 spiro atoms. The summed E-state index contributed by atoms with van der Waals surface area (Å²) in [7, 11) is 0. The van der Waals surface area contributed by atoms with Gasteiger partial charge in [0.15, 0.2) is 0 Å². The lowest BCUT2D eigenvalue weighted by Crippen LogP contribution is -2.55. The van der Waals surface area contributed by atoms with Gasteiger partial charge in [0, 0.05) is 25.0 Å². The maximum absolute atomic E-state index is 12.7. The fourth-order valence-electron chi connectivity index (χ4n) is 2.28. The van der Waals surface area contributed by atoms with Gasteiger partial charge in [0.05, 0.1) is 5.54 Å². The summed E-state index contributed by atoms with van der Waals surface area (Å²) >= 11 is 0. The summed E-state index contributed by atoms with van der Waals surface area (Å²) in [5.41, 5.74) is 6.66. The van der Waals surface area contributed by atoms with E-state index in [0.29, 0.717) is 25.4 Å². The minimum atomic E-state index is -0.713. The van der Waals surface area contributed by atoms with Crippen LogP contribution in [0.2, 0.25) is 0 Å². The van der Waals surface area contributed by atoms with E-state index in [2.05, 4.69) is 4.98 Å². The molecule has 1 aromatic rings. The predicted molar refractivity (Wildman–Crippen MR) is 75.3 cm³/mol. The Morgan fingerprint density at radius 1 is 1.37 bits per heavy atom. The van der Waals surface area contributed by atoms with Crippen LogP contribution in [0.15, 0.2) is 24.5 Å². The van der Waals surface area contributed by atoms with E-state index in [9.17, 15) is 4.79 Å². The van der Waals surface area contributed by atoms with E-state index in [1.807, 2.05) is 30.9 Å². The molecule has 0 aromatic carbocycles. The summed E-state index contributed by atoms with van der Waals surface area (Å²) < 4.78 is 0. The Balaban J connectivity index is 2.14. The number of nitrogens with two attached hydrogens (primary N) is 1. The molecule has 0 atom stereocenters. The first kappa shape index (κ1) is 14.0. The number of nitrogens with zero attached hydrogens (tertiary/aromatic N) is 2. The van der Waals surface area contributed by atoms with E-state index in [-0.39, 0.29) is 5.91 Å². The van der Waals surface area contributed by atoms with Gasteiger partial charge in [0.1, 0.15) is 0 Å². The summed E-state index contributed by atoms with van der Waals surface area (Å²) in [6.07, 6.45) is 7.09. The number of amides is 1. The minimum absolute atomic E-state index is 0.0943. The highest BCUT2D eigenvalue weighted by molar-refractivity contribution is 5.86. The lowest BCUT2D eigenvalue weighted by atomic mass is 9.92. The molecule has 19 heavy (non-hydrogen) atoms. The number of hydrogen-bond donors (Lipinski definition) is 1. The Kier molecular flexibility index (Phi) is 4.20. The van der Waals surface area contributed by atoms with Gasteiger partial charge in [-0.2, -0.15) is 0 Å². The number of carbonyl (C=O) groups is 1. The Morgan fingerprint density at radius 3 is 2.42 bits per heavy atom. The average Bonchev–Trinajstić information content (AvgIpc) is 3.29. The van der Waals surface area contributed by atoms with Gasteiger partial charge in [-0.25, -0.2) is 0 Å². The van der Waals surface area contributed by atoms with Crippen LogP contribution in [0.3, 0.4) is 0 Å². The van der Waals surface area contributed by atoms with Crippen molar-refractivity contribution in [2.75, 3.05) is 0 Å². The van der Waals surface area contributed by atoms with Crippen molar-refractivity contribution in [3.8, 4) is 0 Å². The fraction of sp³-hybridized carbons (Fsp3) is 0.600. The zero-order valence-electron chi connectivity index (χ0n) is 11.8. The zero-order valence-corrected chi connectivity index (χ0v) is 11.8. The zero-order chi connectivity index (χ0) is 13.9. The van der Waals surface area contributed by atoms with E-state index in [4.69, 9.17) is 5.73 Å². The third kappa shape index (κ3) is 3.13. The first-order chi connectivity index (χ1) is 9.10. The molecule has 1 heterocycles. The lowest BCUT2D eigenvalue weighted by molar-refractivity contribution is -0.138. The normalized spacial score (nSPS) is 15.3. The van der Waals surface area contributed by atoms with Crippen molar-refractivity contribution in [1.29, 1.82) is 0 Å². The molecule has 104 valence electrons. The van der Waals surface area contributed by atoms with Crippen LogP contribution < -0.4 is 5.73 Å². The SMILES string of the molecule is CCC(N)(CC)C(=O)N(Cc1ccncc1)C1CC1. The third-order valence-corrected chi connectivity index (χ3v) is 4.04. The first-order valence-corrected chi connectivity index (χ1v) is 7.09. The number of hydrogen-bond acceptors (Lipinski definition) is 3. The van der Waals surface area contributed by atoms with Crippen LogP contribution in [0.25, 0.3) is 0 Å². The predicted octanol–water partition coefficient (Wildman–Crippen LogP) is 2.09. The number of carbonyl (C=O) groups excluding carboxylic acids is 1. The van der Waals surface area contributed by atoms with E-state index in [1.165, 1.54) is 0 Å². The molecule has 0 radical (unpaired) electrons. The maximum Gasteiger partial charge on any atom is 0.243 e. The van der Waals surface area contributed by atoms with Crippen molar-refractivity contribution in [1.82, 2.24) is 9.88 Å². The van der Waals surface area contributed by atoms with E-state index < -0.39 is 5.54 Å². The topological polar surface area (TPSA) is 59.2 Å². The molecular weight excluding hydrogens is 238 g/mol. The molecule has 0 saturated heterocycles. The molecule has 4 nitrogen and oxygen atoms in total. The second-order valence-corrected chi connectivity index (χ2v) is 5.38. The van der Waals surface area contributed by atoms with Gasteiger partial charge in [-0.1, -0.05) is 13.8 Å². The maximum atomic E-state index is 12.7. The molecule has 0 unspecified atom stereocenters. The largest absolute Gasteiger partial charge is 0.334 e. The lowest BCUT2D eigenvalue weighted by Gasteiger charge is -2.33. The van der Waals surface area contributed by atoms with Gasteiger partial charge in [0.2, 0.25) is 5.91 Å². The van der Waals surface area contributed by atoms with Crippen molar-refractivity contribution in [2.45, 2.75) is 57.7 Å². The Bertz CT molecular complexity index is 424. The monoisotopic (exact) mass is 261 g/mol. The molecule has 2 rings (SSSR count). The number of aromatic nitrogens is 1. The van der Waals surface area contributed by atoms with Crippen molar-refractivity contribution >= 4 is 5.91 Å². The van der Waals surface area contributed by atoms with Crippen LogP contribution in [0.1, 0.15) is 45.1 Å². The molecule has 1 aromatic heterocycles. The highest BCUT2D eigenvalue weighted by atomic mass is 16.2. The third-order valence-electron chi connectivity index (χ3n) is 4.04. The molecule has 1 saturated carbocycles. The second-order valence-electron chi connectivity index (χ2n) is 5.38. The minimum Gasteiger partial charge on any atom is -0.334 e. The fourth-order valence-corrected chi connectivity index (χ4v) is 2.28. The Morgan fingerprint density at radius 2 is 1.95 bits per heavy atom. The number of pyridine rings is 1. The van der Waals surface area contributed by atoms with Crippen molar-refractivity contribution < 1.29 is 4.79 Å². The Labute approximate surface area is 115 Å². The highest BCUT2D eigenvalue weighted by Gasteiger charge is 2.40. The van der Waals surface area contributed by atoms with Crippen LogP contribution in [-0.2, 0) is 11.3 Å². The van der Waals surface area contributed by atoms with Crippen LogP contribution in [-0.4, -0.2) is 27.4 Å². The highest BCUT2D eigenvalue weighted by Crippen LogP contribution is 2.31. The second kappa shape index (κ2) is 5.70. The molecule has 2 N–H and O–H groups in total. The van der Waals surface area contributed by atoms with E-state index in [0.717, 1.165) is 18.4 Å². The summed E-state index contributed by atoms with van der Waals surface area (Å²) in [5.74, 6) is 0.0943. The molecule has 1 aliphatic carbocycles. The molecule has 1 aliphatic rings. The van der Waals surface area contributed by atoms with E-state index in [1.54, 1.807) is 12.4 Å². The molecule has 1 amide bonds. The summed E-state index contributed by atoms with van der Waals surface area (Å²) in [5, 5.41) is 0. The van der Waals surface area contributed by atoms with Crippen molar-refractivity contribution in [2.24, 2.45) is 5.73 Å². The molecule has 4 heteroatoms. The van der Waals surface area contributed by atoms with Crippen LogP contribution in [0.4, 0.5) is 0 Å². The quantitative estimate of drug-likeness (QED) is 0.853. The summed E-state index contributed by atoms with van der Waals surface area (Å²) in [4.78, 5) is 18.7. The van der Waals surface area contributed by atoms with Gasteiger partial charge >= 0.3 is 0 Å². The van der Waals surface area contributed by atoms with Crippen molar-refractivity contribution in [3.63, 3.8) is 0 Å². The van der Waals surface area contributed by atoms with Gasteiger partial charge in [0.25, 0.3) is 0 Å². The summed E-state index contributed by atoms with van der Waals surface area (Å²) in [6, 6.07) is 4.29. The first-order valence-electron chi connectivity index (χ1n) is 7.09. The molecular formula is C15H23N3O. The van der Waals surface area contributed by atoms with Gasteiger partial charge in [-0.05, 0) is 43.4 Å². The number of rotatable bonds is 6. The average molecular weight is 261 g/mol. The van der Waals surface area contributed by atoms with Gasteiger partial charge < -0.3 is 10.6 Å². The molecule has 1 fully saturated rings. The molecule has 0 bridgehead atoms. The molecule has 0 aliphatic heterocycles. The smallest absolute Gasteiger partial charge is 0.243 e. The van der Waals surface area contributed by atoms with Crippen LogP contribution in [0, 0.1) is 0 Å². The standard InChI is InChI=1S/C15H23N3O/c1-3-15(16,4-2)14(19)18(13-5-6-13)11-12-7-9-17-10-8-12/h7-10,13H,3-6,11,16H2,1-2H3. The van der Waals surface area contributed by atoms with E-state index >= 15 is 0 Å². The van der Waals surface area contributed by atoms with Gasteiger partial charge in [-0.3, -0.25) is 9.78 Å². The van der Waals surface area contributed by atoms with Crippen molar-refractivity contribution in [3.05, 3.63) is 30.1 Å². The van der Waals surface area contributed by atoms with Gasteiger partial charge in [-0.15, -0.1) is 0 Å².